The van der Waals surface area contributed by atoms with Crippen LogP contribution in [0.1, 0.15) is 19.1 Å². The molecule has 1 unspecified atom stereocenters. The molecule has 2 rings (SSSR count). The predicted molar refractivity (Wildman–Crippen MR) is 60.3 cm³/mol. The quantitative estimate of drug-likeness (QED) is 0.811. The van der Waals surface area contributed by atoms with Crippen molar-refractivity contribution in [3.05, 3.63) is 48.7 Å². The van der Waals surface area contributed by atoms with Crippen molar-refractivity contribution in [2.24, 2.45) is 0 Å². The van der Waals surface area contributed by atoms with Gasteiger partial charge in [-0.1, -0.05) is 0 Å². The fourth-order valence-corrected chi connectivity index (χ4v) is 1.55. The third-order valence-corrected chi connectivity index (χ3v) is 2.38. The summed E-state index contributed by atoms with van der Waals surface area (Å²) in [5, 5.41) is 0. The highest BCUT2D eigenvalue weighted by atomic mass is 16.3. The molecule has 0 amide bonds. The number of nitrogens with zero attached hydrogens (tertiary/aromatic N) is 1. The van der Waals surface area contributed by atoms with Crippen LogP contribution >= 0.6 is 0 Å². The monoisotopic (exact) mass is 204 g/mol. The van der Waals surface area contributed by atoms with Crippen molar-refractivity contribution in [3.63, 3.8) is 0 Å². The van der Waals surface area contributed by atoms with Crippen LogP contribution in [-0.4, -0.2) is 10.7 Å². The Labute approximate surface area is 89.7 Å². The van der Waals surface area contributed by atoms with E-state index in [0.717, 1.165) is 18.6 Å². The van der Waals surface area contributed by atoms with Crippen LogP contribution in [0.2, 0.25) is 0 Å². The molecule has 0 aliphatic carbocycles. The van der Waals surface area contributed by atoms with E-state index >= 15 is 0 Å². The molecule has 3 heteroatoms. The summed E-state index contributed by atoms with van der Waals surface area (Å²) in [6.07, 6.45) is 7.76. The first kappa shape index (κ1) is 9.90. The van der Waals surface area contributed by atoms with E-state index in [1.165, 1.54) is 0 Å². The first-order valence-corrected chi connectivity index (χ1v) is 5.26. The zero-order valence-corrected chi connectivity index (χ0v) is 8.89. The van der Waals surface area contributed by atoms with Gasteiger partial charge in [-0.05, 0) is 37.6 Å². The molecule has 1 N–H and O–H groups in total. The summed E-state index contributed by atoms with van der Waals surface area (Å²) < 4.78 is 7.26. The molecule has 2 aromatic heterocycles. The van der Waals surface area contributed by atoms with Crippen molar-refractivity contribution in [2.75, 3.05) is 5.43 Å². The van der Waals surface area contributed by atoms with Crippen LogP contribution in [0, 0.1) is 0 Å². The summed E-state index contributed by atoms with van der Waals surface area (Å²) in [5.41, 5.74) is 3.36. The van der Waals surface area contributed by atoms with Gasteiger partial charge in [-0.25, -0.2) is 0 Å². The van der Waals surface area contributed by atoms with Gasteiger partial charge >= 0.3 is 0 Å². The average Bonchev–Trinajstić information content (AvgIpc) is 2.86. The fraction of sp³-hybridized carbons (Fsp3) is 0.333. The highest BCUT2D eigenvalue weighted by Gasteiger charge is 2.03. The van der Waals surface area contributed by atoms with Gasteiger partial charge in [-0.2, -0.15) is 0 Å². The Kier molecular flexibility index (Phi) is 3.12. The molecule has 0 aliphatic rings. The molecule has 2 heterocycles. The third-order valence-electron chi connectivity index (χ3n) is 2.38. The van der Waals surface area contributed by atoms with E-state index in [0.29, 0.717) is 6.04 Å². The van der Waals surface area contributed by atoms with Gasteiger partial charge in [-0.15, -0.1) is 0 Å². The number of hydrogen-bond donors (Lipinski definition) is 1. The minimum Gasteiger partial charge on any atom is -0.469 e. The summed E-state index contributed by atoms with van der Waals surface area (Å²) in [5.74, 6) is 1.05. The molecule has 80 valence electrons. The minimum atomic E-state index is 0.433. The van der Waals surface area contributed by atoms with Crippen LogP contribution in [-0.2, 0) is 6.42 Å². The molecule has 0 saturated carbocycles. The predicted octanol–water partition coefficient (Wildman–Crippen LogP) is 2.65. The maximum absolute atomic E-state index is 5.28. The van der Waals surface area contributed by atoms with Gasteiger partial charge in [0.25, 0.3) is 0 Å². The molecular formula is C12H16N2O. The molecule has 15 heavy (non-hydrogen) atoms. The molecule has 2 aromatic rings. The highest BCUT2D eigenvalue weighted by Crippen LogP contribution is 2.06. The molecule has 1 atom stereocenters. The van der Waals surface area contributed by atoms with Crippen LogP contribution in [0.3, 0.4) is 0 Å². The Hall–Kier alpha value is -1.64. The summed E-state index contributed by atoms with van der Waals surface area (Å²) in [4.78, 5) is 0. The molecule has 0 aliphatic heterocycles. The first-order chi connectivity index (χ1) is 7.34. The largest absolute Gasteiger partial charge is 0.469 e. The summed E-state index contributed by atoms with van der Waals surface area (Å²) in [7, 11) is 0. The van der Waals surface area contributed by atoms with Crippen molar-refractivity contribution in [1.29, 1.82) is 0 Å². The summed E-state index contributed by atoms with van der Waals surface area (Å²) >= 11 is 0. The van der Waals surface area contributed by atoms with Crippen LogP contribution in [0.5, 0.6) is 0 Å². The Bertz CT molecular complexity index is 364. The van der Waals surface area contributed by atoms with Crippen molar-refractivity contribution >= 4 is 0 Å². The molecule has 3 nitrogen and oxygen atoms in total. The van der Waals surface area contributed by atoms with Gasteiger partial charge in [0.05, 0.1) is 6.26 Å². The molecular weight excluding hydrogens is 188 g/mol. The van der Waals surface area contributed by atoms with Crippen LogP contribution in [0.25, 0.3) is 0 Å². The normalized spacial score (nSPS) is 12.6. The first-order valence-electron chi connectivity index (χ1n) is 5.26. The average molecular weight is 204 g/mol. The van der Waals surface area contributed by atoms with E-state index in [9.17, 15) is 0 Å². The lowest BCUT2D eigenvalue weighted by atomic mass is 10.1. The standard InChI is InChI=1S/C12H16N2O/c1-11(13-14-8-2-3-9-14)6-7-12-5-4-10-15-12/h2-5,8-11,13H,6-7H2,1H3. The lowest BCUT2D eigenvalue weighted by Crippen LogP contribution is -2.24. The van der Waals surface area contributed by atoms with E-state index in [4.69, 9.17) is 4.42 Å². The molecule has 0 radical (unpaired) electrons. The van der Waals surface area contributed by atoms with E-state index in [1.54, 1.807) is 6.26 Å². The maximum atomic E-state index is 5.28. The molecule has 0 saturated heterocycles. The lowest BCUT2D eigenvalue weighted by molar-refractivity contribution is 0.489. The Balaban J connectivity index is 1.76. The summed E-state index contributed by atoms with van der Waals surface area (Å²) in [6, 6.07) is 8.39. The third kappa shape index (κ3) is 2.91. The van der Waals surface area contributed by atoms with Crippen molar-refractivity contribution in [1.82, 2.24) is 4.68 Å². The maximum Gasteiger partial charge on any atom is 0.103 e. The Morgan fingerprint density at radius 2 is 2.13 bits per heavy atom. The van der Waals surface area contributed by atoms with Crippen molar-refractivity contribution in [2.45, 2.75) is 25.8 Å². The van der Waals surface area contributed by atoms with Crippen LogP contribution in [0.15, 0.2) is 47.3 Å². The molecule has 0 bridgehead atoms. The topological polar surface area (TPSA) is 30.1 Å². The number of nitrogens with one attached hydrogen (secondary N) is 1. The fourth-order valence-electron chi connectivity index (χ4n) is 1.55. The van der Waals surface area contributed by atoms with Gasteiger partial charge in [-0.3, -0.25) is 4.68 Å². The van der Waals surface area contributed by atoms with Crippen LogP contribution < -0.4 is 5.43 Å². The minimum absolute atomic E-state index is 0.433. The van der Waals surface area contributed by atoms with E-state index in [1.807, 2.05) is 41.3 Å². The second-order valence-corrected chi connectivity index (χ2v) is 3.74. The molecule has 0 spiro atoms. The molecule has 0 aromatic carbocycles. The van der Waals surface area contributed by atoms with Gasteiger partial charge in [0.15, 0.2) is 0 Å². The van der Waals surface area contributed by atoms with Gasteiger partial charge in [0, 0.05) is 24.9 Å². The SMILES string of the molecule is CC(CCc1ccco1)Nn1cccc1. The van der Waals surface area contributed by atoms with E-state index < -0.39 is 0 Å². The smallest absolute Gasteiger partial charge is 0.103 e. The van der Waals surface area contributed by atoms with E-state index in [2.05, 4.69) is 12.3 Å². The van der Waals surface area contributed by atoms with Gasteiger partial charge < -0.3 is 9.84 Å². The van der Waals surface area contributed by atoms with Crippen LogP contribution in [0.4, 0.5) is 0 Å². The number of aryl methyl sites for hydroxylation is 1. The number of rotatable bonds is 5. The zero-order valence-electron chi connectivity index (χ0n) is 8.89. The van der Waals surface area contributed by atoms with Gasteiger partial charge in [0.1, 0.15) is 5.76 Å². The van der Waals surface area contributed by atoms with E-state index in [-0.39, 0.29) is 0 Å². The van der Waals surface area contributed by atoms with Crippen molar-refractivity contribution < 1.29 is 4.42 Å². The lowest BCUT2D eigenvalue weighted by Gasteiger charge is -2.15. The number of hydrogen-bond acceptors (Lipinski definition) is 2. The van der Waals surface area contributed by atoms with Gasteiger partial charge in [0.2, 0.25) is 0 Å². The number of aromatic nitrogens is 1. The Morgan fingerprint density at radius 3 is 2.80 bits per heavy atom. The molecule has 0 fully saturated rings. The second-order valence-electron chi connectivity index (χ2n) is 3.74. The zero-order chi connectivity index (χ0) is 10.5. The number of furan rings is 1. The highest BCUT2D eigenvalue weighted by molar-refractivity contribution is 5.00. The second kappa shape index (κ2) is 4.73. The van der Waals surface area contributed by atoms with Crippen molar-refractivity contribution in [3.8, 4) is 0 Å². The summed E-state index contributed by atoms with van der Waals surface area (Å²) in [6.45, 7) is 2.17. The Morgan fingerprint density at radius 1 is 1.33 bits per heavy atom.